The summed E-state index contributed by atoms with van der Waals surface area (Å²) in [5.41, 5.74) is 3.44. The van der Waals surface area contributed by atoms with Crippen LogP contribution in [0.15, 0.2) is 11.5 Å². The molecule has 1 saturated heterocycles. The predicted molar refractivity (Wildman–Crippen MR) is 64.7 cm³/mol. The number of anilines is 1. The Morgan fingerprint density at radius 2 is 1.94 bits per heavy atom. The lowest BCUT2D eigenvalue weighted by Gasteiger charge is -2.29. The van der Waals surface area contributed by atoms with E-state index >= 15 is 0 Å². The molecule has 0 spiro atoms. The maximum Gasteiger partial charge on any atom is 0.135 e. The molecule has 0 amide bonds. The van der Waals surface area contributed by atoms with Gasteiger partial charge in [-0.3, -0.25) is 0 Å². The summed E-state index contributed by atoms with van der Waals surface area (Å²) in [6, 6.07) is 0. The maximum atomic E-state index is 8.75. The average Bonchev–Trinajstić information content (AvgIpc) is 2.87. The highest BCUT2D eigenvalue weighted by Crippen LogP contribution is 2.29. The Kier molecular flexibility index (Phi) is 2.66. The number of hydrogen-bond donors (Lipinski definition) is 1. The molecule has 0 aromatic carbocycles. The Balaban J connectivity index is 1.84. The minimum absolute atomic E-state index is 0.829. The van der Waals surface area contributed by atoms with Crippen molar-refractivity contribution in [3.8, 4) is 0 Å². The molecule has 0 radical (unpaired) electrons. The van der Waals surface area contributed by atoms with Gasteiger partial charge in [-0.2, -0.15) is 0 Å². The molecule has 2 aliphatic rings. The zero-order valence-corrected chi connectivity index (χ0v) is 9.76. The molecule has 90 valence electrons. The molecule has 0 unspecified atom stereocenters. The van der Waals surface area contributed by atoms with Gasteiger partial charge in [0.05, 0.1) is 5.71 Å². The van der Waals surface area contributed by atoms with Gasteiger partial charge in [-0.1, -0.05) is 5.16 Å². The molecular weight excluding hydrogens is 216 g/mol. The highest BCUT2D eigenvalue weighted by Gasteiger charge is 2.23. The molecule has 2 heterocycles. The SMILES string of the molecule is ON=C1CCN(c2ncnc3c2CCC3)CC1. The highest BCUT2D eigenvalue weighted by atomic mass is 16.4. The van der Waals surface area contributed by atoms with Gasteiger partial charge in [-0.15, -0.1) is 0 Å². The molecule has 1 fully saturated rings. The van der Waals surface area contributed by atoms with Crippen LogP contribution < -0.4 is 4.90 Å². The van der Waals surface area contributed by atoms with Crippen LogP contribution in [0.1, 0.15) is 30.5 Å². The summed E-state index contributed by atoms with van der Waals surface area (Å²) in [7, 11) is 0. The van der Waals surface area contributed by atoms with E-state index in [1.807, 2.05) is 0 Å². The van der Waals surface area contributed by atoms with Gasteiger partial charge in [0.2, 0.25) is 0 Å². The van der Waals surface area contributed by atoms with Gasteiger partial charge >= 0.3 is 0 Å². The van der Waals surface area contributed by atoms with Crippen LogP contribution in [0, 0.1) is 0 Å². The van der Waals surface area contributed by atoms with Gasteiger partial charge in [0.15, 0.2) is 0 Å². The van der Waals surface area contributed by atoms with Crippen molar-refractivity contribution in [2.24, 2.45) is 5.16 Å². The summed E-state index contributed by atoms with van der Waals surface area (Å²) < 4.78 is 0. The third-order valence-electron chi connectivity index (χ3n) is 3.63. The number of hydrogen-bond acceptors (Lipinski definition) is 5. The molecule has 1 aromatic heterocycles. The molecule has 17 heavy (non-hydrogen) atoms. The van der Waals surface area contributed by atoms with Crippen molar-refractivity contribution in [3.05, 3.63) is 17.6 Å². The first-order valence-corrected chi connectivity index (χ1v) is 6.16. The smallest absolute Gasteiger partial charge is 0.135 e. The number of oxime groups is 1. The monoisotopic (exact) mass is 232 g/mol. The summed E-state index contributed by atoms with van der Waals surface area (Å²) in [5, 5.41) is 12.1. The Bertz CT molecular complexity index is 448. The summed E-state index contributed by atoms with van der Waals surface area (Å²) in [5.74, 6) is 1.10. The number of fused-ring (bicyclic) bond motifs is 1. The molecule has 1 aromatic rings. The minimum Gasteiger partial charge on any atom is -0.411 e. The van der Waals surface area contributed by atoms with Crippen molar-refractivity contribution in [1.82, 2.24) is 9.97 Å². The molecule has 1 aliphatic carbocycles. The molecular formula is C12H16N4O. The number of aryl methyl sites for hydroxylation is 1. The van der Waals surface area contributed by atoms with Crippen molar-refractivity contribution in [1.29, 1.82) is 0 Å². The van der Waals surface area contributed by atoms with E-state index in [9.17, 15) is 0 Å². The second kappa shape index (κ2) is 4.31. The van der Waals surface area contributed by atoms with Crippen molar-refractivity contribution < 1.29 is 5.21 Å². The zero-order valence-electron chi connectivity index (χ0n) is 9.76. The van der Waals surface area contributed by atoms with Gasteiger partial charge in [-0.25, -0.2) is 9.97 Å². The van der Waals surface area contributed by atoms with Crippen LogP contribution in [-0.2, 0) is 12.8 Å². The topological polar surface area (TPSA) is 61.6 Å². The first-order valence-electron chi connectivity index (χ1n) is 6.16. The molecule has 5 nitrogen and oxygen atoms in total. The van der Waals surface area contributed by atoms with Crippen LogP contribution >= 0.6 is 0 Å². The van der Waals surface area contributed by atoms with E-state index in [-0.39, 0.29) is 0 Å². The number of aromatic nitrogens is 2. The Morgan fingerprint density at radius 1 is 1.12 bits per heavy atom. The highest BCUT2D eigenvalue weighted by molar-refractivity contribution is 5.86. The van der Waals surface area contributed by atoms with Gasteiger partial charge in [0.25, 0.3) is 0 Å². The van der Waals surface area contributed by atoms with E-state index in [1.54, 1.807) is 6.33 Å². The number of rotatable bonds is 1. The van der Waals surface area contributed by atoms with Gasteiger partial charge in [0.1, 0.15) is 12.1 Å². The van der Waals surface area contributed by atoms with E-state index in [1.165, 1.54) is 17.7 Å². The van der Waals surface area contributed by atoms with Gasteiger partial charge in [0, 0.05) is 37.2 Å². The third kappa shape index (κ3) is 1.85. The average molecular weight is 232 g/mol. The Hall–Kier alpha value is -1.65. The van der Waals surface area contributed by atoms with E-state index in [4.69, 9.17) is 5.21 Å². The first kappa shape index (κ1) is 10.5. The molecule has 1 aliphatic heterocycles. The molecule has 3 rings (SSSR count). The molecule has 0 atom stereocenters. The van der Waals surface area contributed by atoms with Crippen LogP contribution in [0.5, 0.6) is 0 Å². The van der Waals surface area contributed by atoms with E-state index in [2.05, 4.69) is 20.0 Å². The minimum atomic E-state index is 0.829. The lowest BCUT2D eigenvalue weighted by Crippen LogP contribution is -2.35. The number of nitrogens with zero attached hydrogens (tertiary/aromatic N) is 4. The Labute approximate surface area is 100 Å². The molecule has 0 saturated carbocycles. The normalized spacial score (nSPS) is 19.3. The van der Waals surface area contributed by atoms with Crippen LogP contribution in [0.3, 0.4) is 0 Å². The molecule has 1 N–H and O–H groups in total. The fourth-order valence-electron chi connectivity index (χ4n) is 2.69. The van der Waals surface area contributed by atoms with Crippen molar-refractivity contribution in [2.45, 2.75) is 32.1 Å². The van der Waals surface area contributed by atoms with E-state index < -0.39 is 0 Å². The zero-order chi connectivity index (χ0) is 11.7. The van der Waals surface area contributed by atoms with Crippen LogP contribution in [0.2, 0.25) is 0 Å². The fraction of sp³-hybridized carbons (Fsp3) is 0.583. The van der Waals surface area contributed by atoms with Crippen LogP contribution in [0.25, 0.3) is 0 Å². The van der Waals surface area contributed by atoms with Gasteiger partial charge in [-0.05, 0) is 19.3 Å². The summed E-state index contributed by atoms with van der Waals surface area (Å²) >= 11 is 0. The first-order chi connectivity index (χ1) is 8.38. The van der Waals surface area contributed by atoms with Crippen molar-refractivity contribution in [3.63, 3.8) is 0 Å². The second-order valence-corrected chi connectivity index (χ2v) is 4.63. The van der Waals surface area contributed by atoms with Crippen LogP contribution in [-0.4, -0.2) is 34.0 Å². The van der Waals surface area contributed by atoms with E-state index in [0.29, 0.717) is 0 Å². The maximum absolute atomic E-state index is 8.75. The number of piperidine rings is 1. The standard InChI is InChI=1S/C12H16N4O/c17-15-9-4-6-16(7-5-9)12-10-2-1-3-11(10)13-8-14-12/h8,17H,1-7H2. The molecule has 5 heteroatoms. The van der Waals surface area contributed by atoms with Crippen molar-refractivity contribution in [2.75, 3.05) is 18.0 Å². The fourth-order valence-corrected chi connectivity index (χ4v) is 2.69. The summed E-state index contributed by atoms with van der Waals surface area (Å²) in [6.45, 7) is 1.78. The van der Waals surface area contributed by atoms with E-state index in [0.717, 1.165) is 50.3 Å². The second-order valence-electron chi connectivity index (χ2n) is 4.63. The quantitative estimate of drug-likeness (QED) is 0.587. The summed E-state index contributed by atoms with van der Waals surface area (Å²) in [6.07, 6.45) is 6.71. The third-order valence-corrected chi connectivity index (χ3v) is 3.63. The largest absolute Gasteiger partial charge is 0.411 e. The van der Waals surface area contributed by atoms with Crippen LogP contribution in [0.4, 0.5) is 5.82 Å². The lowest BCUT2D eigenvalue weighted by molar-refractivity contribution is 0.315. The van der Waals surface area contributed by atoms with Crippen molar-refractivity contribution >= 4 is 11.5 Å². The lowest BCUT2D eigenvalue weighted by atomic mass is 10.1. The molecule has 0 bridgehead atoms. The van der Waals surface area contributed by atoms with Gasteiger partial charge < -0.3 is 10.1 Å². The Morgan fingerprint density at radius 3 is 2.71 bits per heavy atom. The summed E-state index contributed by atoms with van der Waals surface area (Å²) in [4.78, 5) is 11.1. The predicted octanol–water partition coefficient (Wildman–Crippen LogP) is 1.40.